The molecule has 0 aliphatic carbocycles. The van der Waals surface area contributed by atoms with E-state index in [0.29, 0.717) is 5.56 Å². The summed E-state index contributed by atoms with van der Waals surface area (Å²) in [4.78, 5) is 35.8. The van der Waals surface area contributed by atoms with Crippen LogP contribution in [0.25, 0.3) is 0 Å². The first-order valence-corrected chi connectivity index (χ1v) is 8.59. The minimum Gasteiger partial charge on any atom is -0.458 e. The van der Waals surface area contributed by atoms with Crippen molar-refractivity contribution < 1.29 is 23.9 Å². The number of nitrogens with one attached hydrogen (secondary N) is 1. The second-order valence-corrected chi connectivity index (χ2v) is 8.19. The molecule has 0 radical (unpaired) electrons. The first kappa shape index (κ1) is 21.7. The monoisotopic (exact) mass is 363 g/mol. The molecule has 1 N–H and O–H groups in total. The van der Waals surface area contributed by atoms with Crippen LogP contribution in [0.15, 0.2) is 24.3 Å². The zero-order chi connectivity index (χ0) is 20.1. The fourth-order valence-electron chi connectivity index (χ4n) is 2.16. The third-order valence-electron chi connectivity index (χ3n) is 3.10. The summed E-state index contributed by atoms with van der Waals surface area (Å²) in [7, 11) is 0. The quantitative estimate of drug-likeness (QED) is 0.813. The number of esters is 2. The number of rotatable bonds is 5. The van der Waals surface area contributed by atoms with Gasteiger partial charge >= 0.3 is 11.9 Å². The van der Waals surface area contributed by atoms with E-state index in [1.165, 1.54) is 6.92 Å². The van der Waals surface area contributed by atoms with Crippen LogP contribution in [0.5, 0.6) is 0 Å². The van der Waals surface area contributed by atoms with Crippen LogP contribution in [0.4, 0.5) is 0 Å². The van der Waals surface area contributed by atoms with Crippen molar-refractivity contribution in [2.75, 3.05) is 0 Å². The molecule has 0 spiro atoms. The number of hydrogen-bond acceptors (Lipinski definition) is 5. The van der Waals surface area contributed by atoms with E-state index in [9.17, 15) is 14.4 Å². The van der Waals surface area contributed by atoms with E-state index in [1.54, 1.807) is 65.8 Å². The Balaban J connectivity index is 2.87. The fraction of sp³-hybridized carbons (Fsp3) is 0.550. The van der Waals surface area contributed by atoms with Gasteiger partial charge in [-0.15, -0.1) is 0 Å². The van der Waals surface area contributed by atoms with Crippen molar-refractivity contribution >= 4 is 17.8 Å². The number of carbonyl (C=O) groups is 3. The van der Waals surface area contributed by atoms with Gasteiger partial charge < -0.3 is 14.8 Å². The molecule has 6 nitrogen and oxygen atoms in total. The molecule has 1 aromatic rings. The van der Waals surface area contributed by atoms with Gasteiger partial charge in [-0.1, -0.05) is 12.1 Å². The molecule has 1 aromatic carbocycles. The van der Waals surface area contributed by atoms with Crippen molar-refractivity contribution in [3.8, 4) is 0 Å². The Kier molecular flexibility index (Phi) is 6.95. The first-order chi connectivity index (χ1) is 11.8. The highest BCUT2D eigenvalue weighted by molar-refractivity contribution is 5.89. The van der Waals surface area contributed by atoms with E-state index in [2.05, 4.69) is 5.32 Å². The molecule has 6 heteroatoms. The summed E-state index contributed by atoms with van der Waals surface area (Å²) in [5.41, 5.74) is 0.0103. The van der Waals surface area contributed by atoms with Crippen LogP contribution in [-0.2, 0) is 25.5 Å². The Morgan fingerprint density at radius 1 is 0.923 bits per heavy atom. The van der Waals surface area contributed by atoms with Crippen LogP contribution >= 0.6 is 0 Å². The summed E-state index contributed by atoms with van der Waals surface area (Å²) in [5.74, 6) is -1.22. The highest BCUT2D eigenvalue weighted by Gasteiger charge is 2.26. The third-order valence-corrected chi connectivity index (χ3v) is 3.10. The van der Waals surface area contributed by atoms with Crippen molar-refractivity contribution in [2.45, 2.75) is 72.1 Å². The summed E-state index contributed by atoms with van der Waals surface area (Å²) in [6.45, 7) is 12.1. The van der Waals surface area contributed by atoms with Crippen LogP contribution in [-0.4, -0.2) is 35.1 Å². The topological polar surface area (TPSA) is 81.7 Å². The molecular formula is C20H29NO5. The standard InChI is InChI=1S/C20H29NO5/c1-13(22)21-16(18(24)26-20(5,6)7)12-14-8-10-15(11-9-14)17(23)25-19(2,3)4/h8-11,16H,12H2,1-7H3,(H,21,22)/t16-/m0/s1. The van der Waals surface area contributed by atoms with Crippen molar-refractivity contribution in [2.24, 2.45) is 0 Å². The van der Waals surface area contributed by atoms with Gasteiger partial charge in [0.15, 0.2) is 0 Å². The van der Waals surface area contributed by atoms with Crippen molar-refractivity contribution in [1.82, 2.24) is 5.32 Å². The maximum absolute atomic E-state index is 12.3. The number of ether oxygens (including phenoxy) is 2. The molecule has 1 amide bonds. The van der Waals surface area contributed by atoms with Gasteiger partial charge in [0, 0.05) is 13.3 Å². The highest BCUT2D eigenvalue weighted by atomic mass is 16.6. The molecule has 1 rings (SSSR count). The zero-order valence-corrected chi connectivity index (χ0v) is 16.6. The average Bonchev–Trinajstić information content (AvgIpc) is 2.43. The molecule has 0 saturated carbocycles. The van der Waals surface area contributed by atoms with Gasteiger partial charge in [-0.3, -0.25) is 4.79 Å². The smallest absolute Gasteiger partial charge is 0.338 e. The summed E-state index contributed by atoms with van der Waals surface area (Å²) < 4.78 is 10.7. The predicted octanol–water partition coefficient (Wildman–Crippen LogP) is 3.03. The molecule has 1 atom stereocenters. The maximum atomic E-state index is 12.3. The van der Waals surface area contributed by atoms with E-state index in [0.717, 1.165) is 5.56 Å². The largest absolute Gasteiger partial charge is 0.458 e. The number of benzene rings is 1. The molecule has 0 aromatic heterocycles. The van der Waals surface area contributed by atoms with Gasteiger partial charge in [-0.05, 0) is 59.2 Å². The fourth-order valence-corrected chi connectivity index (χ4v) is 2.16. The number of amides is 1. The molecule has 0 aliphatic rings. The van der Waals surface area contributed by atoms with Gasteiger partial charge in [-0.2, -0.15) is 0 Å². The molecule has 0 heterocycles. The Bertz CT molecular complexity index is 650. The van der Waals surface area contributed by atoms with Crippen molar-refractivity contribution in [3.63, 3.8) is 0 Å². The van der Waals surface area contributed by atoms with Gasteiger partial charge in [-0.25, -0.2) is 9.59 Å². The summed E-state index contributed by atoms with van der Waals surface area (Å²) >= 11 is 0. The zero-order valence-electron chi connectivity index (χ0n) is 16.6. The Morgan fingerprint density at radius 2 is 1.42 bits per heavy atom. The lowest BCUT2D eigenvalue weighted by Gasteiger charge is -2.24. The summed E-state index contributed by atoms with van der Waals surface area (Å²) in [6.07, 6.45) is 0.267. The first-order valence-electron chi connectivity index (χ1n) is 8.59. The Hall–Kier alpha value is -2.37. The van der Waals surface area contributed by atoms with Crippen molar-refractivity contribution in [1.29, 1.82) is 0 Å². The lowest BCUT2D eigenvalue weighted by molar-refractivity contribution is -0.158. The van der Waals surface area contributed by atoms with Gasteiger partial charge in [0.2, 0.25) is 5.91 Å². The number of hydrogen-bond donors (Lipinski definition) is 1. The molecule has 0 fully saturated rings. The normalized spacial score (nSPS) is 12.9. The average molecular weight is 363 g/mol. The molecular weight excluding hydrogens is 334 g/mol. The summed E-state index contributed by atoms with van der Waals surface area (Å²) in [6, 6.07) is 5.96. The SMILES string of the molecule is CC(=O)N[C@@H](Cc1ccc(C(=O)OC(C)(C)C)cc1)C(=O)OC(C)(C)C. The second kappa shape index (κ2) is 8.34. The second-order valence-electron chi connectivity index (χ2n) is 8.19. The molecule has 0 bridgehead atoms. The minimum atomic E-state index is -0.792. The van der Waals surface area contributed by atoms with Crippen LogP contribution in [0, 0.1) is 0 Å². The maximum Gasteiger partial charge on any atom is 0.338 e. The van der Waals surface area contributed by atoms with Crippen LogP contribution < -0.4 is 5.32 Å². The van der Waals surface area contributed by atoms with E-state index in [-0.39, 0.29) is 12.3 Å². The lowest BCUT2D eigenvalue weighted by atomic mass is 10.0. The van der Waals surface area contributed by atoms with Gasteiger partial charge in [0.05, 0.1) is 5.56 Å². The highest BCUT2D eigenvalue weighted by Crippen LogP contribution is 2.15. The molecule has 26 heavy (non-hydrogen) atoms. The Morgan fingerprint density at radius 3 is 1.85 bits per heavy atom. The lowest BCUT2D eigenvalue weighted by Crippen LogP contribution is -2.44. The van der Waals surface area contributed by atoms with Crippen LogP contribution in [0.2, 0.25) is 0 Å². The van der Waals surface area contributed by atoms with E-state index in [1.807, 2.05) is 0 Å². The van der Waals surface area contributed by atoms with Crippen LogP contribution in [0.3, 0.4) is 0 Å². The minimum absolute atomic E-state index is 0.267. The predicted molar refractivity (Wildman–Crippen MR) is 98.8 cm³/mol. The van der Waals surface area contributed by atoms with Gasteiger partial charge in [0.1, 0.15) is 17.2 Å². The third kappa shape index (κ3) is 8.14. The van der Waals surface area contributed by atoms with E-state index < -0.39 is 29.2 Å². The molecule has 0 unspecified atom stereocenters. The molecule has 0 aliphatic heterocycles. The van der Waals surface area contributed by atoms with Crippen molar-refractivity contribution in [3.05, 3.63) is 35.4 Å². The van der Waals surface area contributed by atoms with Gasteiger partial charge in [0.25, 0.3) is 0 Å². The number of carbonyl (C=O) groups excluding carboxylic acids is 3. The van der Waals surface area contributed by atoms with E-state index >= 15 is 0 Å². The molecule has 144 valence electrons. The Labute approximate surface area is 155 Å². The molecule has 0 saturated heterocycles. The van der Waals surface area contributed by atoms with Crippen LogP contribution in [0.1, 0.15) is 64.4 Å². The van der Waals surface area contributed by atoms with E-state index in [4.69, 9.17) is 9.47 Å². The summed E-state index contributed by atoms with van der Waals surface area (Å²) in [5, 5.41) is 2.61.